The van der Waals surface area contributed by atoms with Gasteiger partial charge < -0.3 is 9.84 Å². The van der Waals surface area contributed by atoms with Gasteiger partial charge in [0.05, 0.1) is 6.61 Å². The van der Waals surface area contributed by atoms with E-state index in [1.54, 1.807) is 0 Å². The maximum absolute atomic E-state index is 9.63. The molecule has 0 bridgehead atoms. The standard InChI is InChI=1S/C25H38O2/c1-6-7-8-9-14-24(2,3)19-11-12-20-21-15-18(17-26)10-13-22(21)25(4,5)27-23(20)16-19/h10-12,16,21-22,26H,6-9,13-15,17H2,1-5H3/t21-,22+/m1/s1. The Balaban J connectivity index is 1.85. The van der Waals surface area contributed by atoms with Crippen LogP contribution in [0.3, 0.4) is 0 Å². The fourth-order valence-electron chi connectivity index (χ4n) is 5.04. The first-order valence-electron chi connectivity index (χ1n) is 10.9. The summed E-state index contributed by atoms with van der Waals surface area (Å²) >= 11 is 0. The quantitative estimate of drug-likeness (QED) is 0.437. The maximum atomic E-state index is 9.63. The first kappa shape index (κ1) is 20.5. The Morgan fingerprint density at radius 2 is 1.96 bits per heavy atom. The molecule has 1 heterocycles. The van der Waals surface area contributed by atoms with Crippen molar-refractivity contribution in [2.75, 3.05) is 6.61 Å². The number of unbranched alkanes of at least 4 members (excludes halogenated alkanes) is 3. The number of aliphatic hydroxyl groups is 1. The van der Waals surface area contributed by atoms with Gasteiger partial charge in [0.25, 0.3) is 0 Å². The van der Waals surface area contributed by atoms with Crippen LogP contribution >= 0.6 is 0 Å². The molecule has 1 aliphatic carbocycles. The fourth-order valence-corrected chi connectivity index (χ4v) is 5.04. The van der Waals surface area contributed by atoms with Crippen LogP contribution in [0.15, 0.2) is 29.8 Å². The zero-order valence-electron chi connectivity index (χ0n) is 18.0. The molecule has 1 aromatic rings. The van der Waals surface area contributed by atoms with Gasteiger partial charge in [0.1, 0.15) is 11.4 Å². The summed E-state index contributed by atoms with van der Waals surface area (Å²) in [5, 5.41) is 9.63. The summed E-state index contributed by atoms with van der Waals surface area (Å²) < 4.78 is 6.54. The van der Waals surface area contributed by atoms with E-state index in [1.807, 2.05) is 0 Å². The zero-order chi connectivity index (χ0) is 19.7. The van der Waals surface area contributed by atoms with E-state index in [0.717, 1.165) is 18.6 Å². The molecule has 2 nitrogen and oxygen atoms in total. The second-order valence-electron chi connectivity index (χ2n) is 9.83. The average molecular weight is 371 g/mol. The third-order valence-electron chi connectivity index (χ3n) is 6.95. The molecule has 0 aromatic heterocycles. The van der Waals surface area contributed by atoms with E-state index in [2.05, 4.69) is 58.9 Å². The molecule has 2 heteroatoms. The van der Waals surface area contributed by atoms with E-state index in [4.69, 9.17) is 4.74 Å². The minimum Gasteiger partial charge on any atom is -0.487 e. The fraction of sp³-hybridized carbons (Fsp3) is 0.680. The first-order valence-corrected chi connectivity index (χ1v) is 10.9. The van der Waals surface area contributed by atoms with Gasteiger partial charge in [-0.3, -0.25) is 0 Å². The zero-order valence-corrected chi connectivity index (χ0v) is 18.0. The lowest BCUT2D eigenvalue weighted by atomic mass is 9.67. The van der Waals surface area contributed by atoms with Crippen LogP contribution in [0.1, 0.15) is 96.6 Å². The van der Waals surface area contributed by atoms with Crippen molar-refractivity contribution in [3.63, 3.8) is 0 Å². The van der Waals surface area contributed by atoms with Crippen LogP contribution in [0, 0.1) is 5.92 Å². The highest BCUT2D eigenvalue weighted by molar-refractivity contribution is 5.46. The summed E-state index contributed by atoms with van der Waals surface area (Å²) in [4.78, 5) is 0. The lowest BCUT2D eigenvalue weighted by molar-refractivity contribution is 0.00758. The summed E-state index contributed by atoms with van der Waals surface area (Å²) in [5.41, 5.74) is 3.92. The number of allylic oxidation sites excluding steroid dienone is 1. The summed E-state index contributed by atoms with van der Waals surface area (Å²) in [6.45, 7) is 11.6. The summed E-state index contributed by atoms with van der Waals surface area (Å²) in [6.07, 6.45) is 10.6. The number of aliphatic hydroxyl groups excluding tert-OH is 1. The molecular formula is C25H38O2. The van der Waals surface area contributed by atoms with Gasteiger partial charge in [0, 0.05) is 5.92 Å². The second kappa shape index (κ2) is 7.99. The SMILES string of the molecule is CCCCCCC(C)(C)c1ccc2c(c1)OC(C)(C)[C@H]1CC=C(CO)C[C@H]21. The molecule has 2 aliphatic rings. The third-order valence-corrected chi connectivity index (χ3v) is 6.95. The Kier molecular flexibility index (Phi) is 6.05. The molecule has 0 unspecified atom stereocenters. The van der Waals surface area contributed by atoms with E-state index < -0.39 is 0 Å². The molecule has 0 spiro atoms. The van der Waals surface area contributed by atoms with Gasteiger partial charge in [0.2, 0.25) is 0 Å². The van der Waals surface area contributed by atoms with E-state index >= 15 is 0 Å². The first-order chi connectivity index (χ1) is 12.8. The smallest absolute Gasteiger partial charge is 0.123 e. The normalized spacial score (nSPS) is 23.9. The van der Waals surface area contributed by atoms with Crippen LogP contribution in [0.25, 0.3) is 0 Å². The molecule has 0 amide bonds. The van der Waals surface area contributed by atoms with Crippen LogP contribution in [-0.4, -0.2) is 17.3 Å². The van der Waals surface area contributed by atoms with E-state index in [9.17, 15) is 5.11 Å². The van der Waals surface area contributed by atoms with Crippen molar-refractivity contribution in [2.45, 2.75) is 96.5 Å². The van der Waals surface area contributed by atoms with Crippen LogP contribution < -0.4 is 4.74 Å². The highest BCUT2D eigenvalue weighted by atomic mass is 16.5. The summed E-state index contributed by atoms with van der Waals surface area (Å²) in [5.74, 6) is 2.00. The second-order valence-corrected chi connectivity index (χ2v) is 9.83. The Hall–Kier alpha value is -1.28. The van der Waals surface area contributed by atoms with Crippen molar-refractivity contribution in [2.24, 2.45) is 5.92 Å². The lowest BCUT2D eigenvalue weighted by Gasteiger charge is -2.47. The Labute approximate surface area is 166 Å². The van der Waals surface area contributed by atoms with Crippen LogP contribution in [0.4, 0.5) is 0 Å². The molecule has 0 radical (unpaired) electrons. The molecule has 0 fully saturated rings. The van der Waals surface area contributed by atoms with Crippen LogP contribution in [-0.2, 0) is 5.41 Å². The van der Waals surface area contributed by atoms with E-state index in [1.165, 1.54) is 48.8 Å². The summed E-state index contributed by atoms with van der Waals surface area (Å²) in [7, 11) is 0. The molecule has 2 atom stereocenters. The van der Waals surface area contributed by atoms with Crippen molar-refractivity contribution in [3.05, 3.63) is 41.0 Å². The topological polar surface area (TPSA) is 29.5 Å². The van der Waals surface area contributed by atoms with Gasteiger partial charge in [0.15, 0.2) is 0 Å². The molecule has 3 rings (SSSR count). The molecule has 1 N–H and O–H groups in total. The average Bonchev–Trinajstić information content (AvgIpc) is 2.64. The van der Waals surface area contributed by atoms with Gasteiger partial charge >= 0.3 is 0 Å². The highest BCUT2D eigenvalue weighted by Gasteiger charge is 2.44. The highest BCUT2D eigenvalue weighted by Crippen LogP contribution is 2.52. The Bertz CT molecular complexity index is 684. The van der Waals surface area contributed by atoms with Crippen molar-refractivity contribution in [1.29, 1.82) is 0 Å². The van der Waals surface area contributed by atoms with Crippen molar-refractivity contribution in [3.8, 4) is 5.75 Å². The predicted molar refractivity (Wildman–Crippen MR) is 114 cm³/mol. The maximum Gasteiger partial charge on any atom is 0.123 e. The molecular weight excluding hydrogens is 332 g/mol. The minimum atomic E-state index is -0.168. The lowest BCUT2D eigenvalue weighted by Crippen LogP contribution is -2.45. The van der Waals surface area contributed by atoms with Crippen molar-refractivity contribution < 1.29 is 9.84 Å². The number of hydrogen-bond donors (Lipinski definition) is 1. The number of hydrogen-bond acceptors (Lipinski definition) is 2. The molecule has 27 heavy (non-hydrogen) atoms. The van der Waals surface area contributed by atoms with Crippen LogP contribution in [0.2, 0.25) is 0 Å². The predicted octanol–water partition coefficient (Wildman–Crippen LogP) is 6.52. The van der Waals surface area contributed by atoms with Crippen molar-refractivity contribution >= 4 is 0 Å². The minimum absolute atomic E-state index is 0.168. The number of benzene rings is 1. The largest absolute Gasteiger partial charge is 0.487 e. The van der Waals surface area contributed by atoms with Gasteiger partial charge in [-0.1, -0.05) is 64.7 Å². The molecule has 0 saturated carbocycles. The van der Waals surface area contributed by atoms with Gasteiger partial charge in [-0.25, -0.2) is 0 Å². The van der Waals surface area contributed by atoms with Gasteiger partial charge in [-0.05, 0) is 67.2 Å². The van der Waals surface area contributed by atoms with Gasteiger partial charge in [-0.15, -0.1) is 0 Å². The monoisotopic (exact) mass is 370 g/mol. The summed E-state index contributed by atoms with van der Waals surface area (Å²) in [6, 6.07) is 6.95. The molecule has 1 aliphatic heterocycles. The molecule has 0 saturated heterocycles. The number of ether oxygens (including phenoxy) is 1. The van der Waals surface area contributed by atoms with E-state index in [0.29, 0.717) is 11.8 Å². The van der Waals surface area contributed by atoms with Crippen molar-refractivity contribution in [1.82, 2.24) is 0 Å². The number of fused-ring (bicyclic) bond motifs is 3. The Morgan fingerprint density at radius 1 is 1.19 bits per heavy atom. The number of rotatable bonds is 7. The van der Waals surface area contributed by atoms with Crippen LogP contribution in [0.5, 0.6) is 5.75 Å². The third kappa shape index (κ3) is 4.26. The van der Waals surface area contributed by atoms with Gasteiger partial charge in [-0.2, -0.15) is 0 Å². The van der Waals surface area contributed by atoms with E-state index in [-0.39, 0.29) is 17.6 Å². The molecule has 150 valence electrons. The molecule has 1 aromatic carbocycles. The Morgan fingerprint density at radius 3 is 2.67 bits per heavy atom.